The number of thiophene rings is 1. The maximum atomic E-state index is 13.0. The third kappa shape index (κ3) is 4.27. The van der Waals surface area contributed by atoms with E-state index in [1.165, 1.54) is 11.3 Å². The smallest absolute Gasteiger partial charge is 0.228 e. The van der Waals surface area contributed by atoms with Gasteiger partial charge < -0.3 is 15.0 Å². The maximum Gasteiger partial charge on any atom is 0.228 e. The van der Waals surface area contributed by atoms with E-state index in [9.17, 15) is 14.9 Å². The van der Waals surface area contributed by atoms with Gasteiger partial charge in [0.15, 0.2) is 0 Å². The minimum atomic E-state index is -0.139. The van der Waals surface area contributed by atoms with Crippen LogP contribution in [0, 0.1) is 17.2 Å². The molecule has 1 aromatic carbocycles. The summed E-state index contributed by atoms with van der Waals surface area (Å²) in [6, 6.07) is 13.8. The molecule has 2 aromatic heterocycles. The molecule has 3 heterocycles. The van der Waals surface area contributed by atoms with Gasteiger partial charge in [-0.1, -0.05) is 24.3 Å². The number of para-hydroxylation sites is 1. The molecular weight excluding hydrogens is 448 g/mol. The van der Waals surface area contributed by atoms with E-state index in [1.54, 1.807) is 19.5 Å². The highest BCUT2D eigenvalue weighted by Crippen LogP contribution is 2.51. The van der Waals surface area contributed by atoms with Crippen molar-refractivity contribution in [1.82, 2.24) is 9.88 Å². The Bertz CT molecular complexity index is 1280. The highest BCUT2D eigenvalue weighted by atomic mass is 32.1. The van der Waals surface area contributed by atoms with Crippen LogP contribution in [0.3, 0.4) is 0 Å². The predicted octanol–water partition coefficient (Wildman–Crippen LogP) is 3.89. The van der Waals surface area contributed by atoms with E-state index in [4.69, 9.17) is 4.74 Å². The second-order valence-corrected chi connectivity index (χ2v) is 9.71. The average Bonchev–Trinajstić information content (AvgIpc) is 3.59. The second kappa shape index (κ2) is 9.27. The summed E-state index contributed by atoms with van der Waals surface area (Å²) in [5.41, 5.74) is 3.40. The molecule has 8 heteroatoms. The van der Waals surface area contributed by atoms with Crippen LogP contribution in [0.1, 0.15) is 39.5 Å². The van der Waals surface area contributed by atoms with Crippen molar-refractivity contribution in [1.29, 1.82) is 5.26 Å². The Labute approximate surface area is 202 Å². The van der Waals surface area contributed by atoms with Gasteiger partial charge in [-0.05, 0) is 47.6 Å². The van der Waals surface area contributed by atoms with Gasteiger partial charge in [0.25, 0.3) is 0 Å². The SMILES string of the molecule is COc1ccccc1C1CC1C(=O)Nc1sc2c(c1C#N)CCN(C(=O)Cc1cccnc1)C2. The number of fused-ring (bicyclic) bond motifs is 1. The summed E-state index contributed by atoms with van der Waals surface area (Å²) in [7, 11) is 1.64. The van der Waals surface area contributed by atoms with Gasteiger partial charge in [-0.3, -0.25) is 14.6 Å². The van der Waals surface area contributed by atoms with E-state index >= 15 is 0 Å². The lowest BCUT2D eigenvalue weighted by atomic mass is 10.0. The zero-order chi connectivity index (χ0) is 23.7. The molecule has 0 bridgehead atoms. The Morgan fingerprint density at radius 1 is 1.29 bits per heavy atom. The lowest BCUT2D eigenvalue weighted by molar-refractivity contribution is -0.131. The number of rotatable bonds is 6. The van der Waals surface area contributed by atoms with Crippen molar-refractivity contribution in [2.24, 2.45) is 5.92 Å². The fraction of sp³-hybridized carbons (Fsp3) is 0.308. The van der Waals surface area contributed by atoms with Crippen molar-refractivity contribution in [2.75, 3.05) is 19.0 Å². The first-order valence-corrected chi connectivity index (χ1v) is 12.1. The minimum absolute atomic E-state index is 0.0359. The normalized spacial score (nSPS) is 18.5. The van der Waals surface area contributed by atoms with Crippen LogP contribution in [-0.2, 0) is 29.0 Å². The molecule has 7 nitrogen and oxygen atoms in total. The molecule has 1 fully saturated rings. The lowest BCUT2D eigenvalue weighted by Crippen LogP contribution is -2.36. The molecule has 3 aromatic rings. The number of nitrogens with one attached hydrogen (secondary N) is 1. The number of anilines is 1. The topological polar surface area (TPSA) is 95.3 Å². The van der Waals surface area contributed by atoms with Crippen LogP contribution in [0.2, 0.25) is 0 Å². The Morgan fingerprint density at radius 3 is 2.91 bits per heavy atom. The molecule has 1 saturated carbocycles. The largest absolute Gasteiger partial charge is 0.496 e. The number of pyridine rings is 1. The quantitative estimate of drug-likeness (QED) is 0.587. The third-order valence-electron chi connectivity index (χ3n) is 6.50. The number of nitriles is 1. The van der Waals surface area contributed by atoms with Gasteiger partial charge in [0.1, 0.15) is 16.8 Å². The predicted molar refractivity (Wildman–Crippen MR) is 129 cm³/mol. The molecule has 1 aliphatic heterocycles. The zero-order valence-electron chi connectivity index (χ0n) is 18.8. The van der Waals surface area contributed by atoms with Crippen LogP contribution in [0.5, 0.6) is 5.75 Å². The number of carbonyl (C=O) groups excluding carboxylic acids is 2. The molecule has 1 N–H and O–H groups in total. The van der Waals surface area contributed by atoms with Gasteiger partial charge in [0.05, 0.1) is 25.6 Å². The summed E-state index contributed by atoms with van der Waals surface area (Å²) in [6.07, 6.45) is 5.06. The summed E-state index contributed by atoms with van der Waals surface area (Å²) in [4.78, 5) is 32.6. The maximum absolute atomic E-state index is 13.0. The summed E-state index contributed by atoms with van der Waals surface area (Å²) >= 11 is 1.41. The van der Waals surface area contributed by atoms with Crippen molar-refractivity contribution in [3.05, 3.63) is 75.9 Å². The summed E-state index contributed by atoms with van der Waals surface area (Å²) in [6.45, 7) is 1.01. The third-order valence-corrected chi connectivity index (χ3v) is 7.63. The lowest BCUT2D eigenvalue weighted by Gasteiger charge is -2.27. The van der Waals surface area contributed by atoms with Gasteiger partial charge in [0.2, 0.25) is 11.8 Å². The first-order chi connectivity index (χ1) is 16.6. The molecular formula is C26H24N4O3S. The number of nitrogens with zero attached hydrogens (tertiary/aromatic N) is 3. The van der Waals surface area contributed by atoms with E-state index in [2.05, 4.69) is 16.4 Å². The number of ether oxygens (including phenoxy) is 1. The first kappa shape index (κ1) is 22.1. The van der Waals surface area contributed by atoms with E-state index in [-0.39, 0.29) is 23.7 Å². The zero-order valence-corrected chi connectivity index (χ0v) is 19.6. The number of amides is 2. The van der Waals surface area contributed by atoms with Crippen molar-refractivity contribution in [2.45, 2.75) is 31.7 Å². The molecule has 0 radical (unpaired) electrons. The molecule has 0 saturated heterocycles. The van der Waals surface area contributed by atoms with E-state index in [0.29, 0.717) is 36.5 Å². The van der Waals surface area contributed by atoms with Crippen LogP contribution < -0.4 is 10.1 Å². The summed E-state index contributed by atoms with van der Waals surface area (Å²) < 4.78 is 5.44. The van der Waals surface area contributed by atoms with Crippen molar-refractivity contribution >= 4 is 28.2 Å². The van der Waals surface area contributed by atoms with E-state index in [1.807, 2.05) is 41.3 Å². The van der Waals surface area contributed by atoms with Gasteiger partial charge in [-0.15, -0.1) is 11.3 Å². The van der Waals surface area contributed by atoms with Crippen LogP contribution >= 0.6 is 11.3 Å². The van der Waals surface area contributed by atoms with Crippen LogP contribution in [0.25, 0.3) is 0 Å². The summed E-state index contributed by atoms with van der Waals surface area (Å²) in [5, 5.41) is 13.4. The van der Waals surface area contributed by atoms with Gasteiger partial charge in [-0.2, -0.15) is 5.26 Å². The number of hydrogen-bond donors (Lipinski definition) is 1. The Balaban J connectivity index is 1.27. The summed E-state index contributed by atoms with van der Waals surface area (Å²) in [5.74, 6) is 0.740. The fourth-order valence-corrected chi connectivity index (χ4v) is 5.83. The number of benzene rings is 1. The monoisotopic (exact) mass is 472 g/mol. The average molecular weight is 473 g/mol. The molecule has 1 aliphatic carbocycles. The molecule has 34 heavy (non-hydrogen) atoms. The minimum Gasteiger partial charge on any atom is -0.496 e. The standard InChI is InChI=1S/C26H24N4O3S/c1-33-22-7-3-2-6-17(22)19-12-20(19)25(32)29-26-21(13-27)18-8-10-30(15-23(18)34-26)24(31)11-16-5-4-9-28-14-16/h2-7,9,14,19-20H,8,10-12,15H2,1H3,(H,29,32). The number of aromatic nitrogens is 1. The Kier molecular flexibility index (Phi) is 6.03. The molecule has 2 unspecified atom stereocenters. The van der Waals surface area contributed by atoms with Crippen LogP contribution in [-0.4, -0.2) is 35.4 Å². The van der Waals surface area contributed by atoms with Gasteiger partial charge in [0, 0.05) is 29.7 Å². The van der Waals surface area contributed by atoms with Gasteiger partial charge >= 0.3 is 0 Å². The Morgan fingerprint density at radius 2 is 2.15 bits per heavy atom. The van der Waals surface area contributed by atoms with E-state index < -0.39 is 0 Å². The molecule has 0 spiro atoms. The van der Waals surface area contributed by atoms with Crippen molar-refractivity contribution in [3.8, 4) is 11.8 Å². The number of hydrogen-bond acceptors (Lipinski definition) is 6. The number of carbonyl (C=O) groups is 2. The van der Waals surface area contributed by atoms with Gasteiger partial charge in [-0.25, -0.2) is 0 Å². The van der Waals surface area contributed by atoms with E-state index in [0.717, 1.165) is 33.7 Å². The number of methoxy groups -OCH3 is 1. The Hall–Kier alpha value is -3.70. The van der Waals surface area contributed by atoms with Crippen molar-refractivity contribution < 1.29 is 14.3 Å². The fourth-order valence-electron chi connectivity index (χ4n) is 4.62. The molecule has 2 aliphatic rings. The second-order valence-electron chi connectivity index (χ2n) is 8.60. The molecule has 2 atom stereocenters. The van der Waals surface area contributed by atoms with Crippen LogP contribution in [0.15, 0.2) is 48.8 Å². The van der Waals surface area contributed by atoms with Crippen molar-refractivity contribution in [3.63, 3.8) is 0 Å². The first-order valence-electron chi connectivity index (χ1n) is 11.2. The molecule has 5 rings (SSSR count). The highest BCUT2D eigenvalue weighted by molar-refractivity contribution is 7.16. The molecule has 2 amide bonds. The van der Waals surface area contributed by atoms with Crippen LogP contribution in [0.4, 0.5) is 5.00 Å². The molecule has 172 valence electrons. The highest BCUT2D eigenvalue weighted by Gasteiger charge is 2.45.